The van der Waals surface area contributed by atoms with E-state index >= 15 is 0 Å². The van der Waals surface area contributed by atoms with E-state index < -0.39 is 0 Å². The number of thiocarbonyl (C=S) groups is 1. The number of aryl methyl sites for hydroxylation is 2. The molecule has 0 spiro atoms. The van der Waals surface area contributed by atoms with E-state index in [1.165, 1.54) is 30.5 Å². The number of hydrogen-bond acceptors (Lipinski definition) is 3. The van der Waals surface area contributed by atoms with Crippen LogP contribution < -0.4 is 10.6 Å². The Morgan fingerprint density at radius 1 is 1.44 bits per heavy atom. The lowest BCUT2D eigenvalue weighted by Gasteiger charge is -2.25. The summed E-state index contributed by atoms with van der Waals surface area (Å²) in [6.07, 6.45) is 5.89. The number of anilines is 1. The monoisotopic (exact) mass is 261 g/mol. The molecule has 0 amide bonds. The van der Waals surface area contributed by atoms with Crippen molar-refractivity contribution in [2.45, 2.75) is 45.1 Å². The van der Waals surface area contributed by atoms with Gasteiger partial charge in [0.15, 0.2) is 0 Å². The minimum Gasteiger partial charge on any atom is -0.389 e. The number of aromatic nitrogens is 1. The highest BCUT2D eigenvalue weighted by molar-refractivity contribution is 7.80. The Bertz CT molecular complexity index is 498. The molecular formula is C14H19N3S. The van der Waals surface area contributed by atoms with Crippen molar-refractivity contribution in [3.8, 4) is 0 Å². The third-order valence-electron chi connectivity index (χ3n) is 4.12. The maximum atomic E-state index is 5.89. The van der Waals surface area contributed by atoms with Crippen LogP contribution in [0.4, 0.5) is 5.82 Å². The van der Waals surface area contributed by atoms with Crippen LogP contribution >= 0.6 is 12.2 Å². The molecule has 2 N–H and O–H groups in total. The number of rotatable bonds is 2. The third-order valence-corrected chi connectivity index (χ3v) is 4.34. The SMILES string of the molecule is CC1CCCN1c1nc2c(cc1C(N)=S)CCC2. The molecule has 0 aromatic carbocycles. The first-order valence-electron chi connectivity index (χ1n) is 6.76. The fourth-order valence-electron chi connectivity index (χ4n) is 3.11. The highest BCUT2D eigenvalue weighted by Crippen LogP contribution is 2.31. The zero-order chi connectivity index (χ0) is 12.7. The van der Waals surface area contributed by atoms with Gasteiger partial charge in [-0.1, -0.05) is 12.2 Å². The first kappa shape index (κ1) is 11.9. The van der Waals surface area contributed by atoms with E-state index in [-0.39, 0.29) is 0 Å². The zero-order valence-corrected chi connectivity index (χ0v) is 11.6. The molecule has 1 unspecified atom stereocenters. The van der Waals surface area contributed by atoms with E-state index in [0.717, 1.165) is 30.8 Å². The van der Waals surface area contributed by atoms with Gasteiger partial charge in [-0.3, -0.25) is 0 Å². The Morgan fingerprint density at radius 2 is 2.28 bits per heavy atom. The Labute approximate surface area is 113 Å². The second-order valence-corrected chi connectivity index (χ2v) is 5.81. The molecule has 1 atom stereocenters. The average molecular weight is 261 g/mol. The second kappa shape index (κ2) is 4.50. The summed E-state index contributed by atoms with van der Waals surface area (Å²) < 4.78 is 0. The topological polar surface area (TPSA) is 42.2 Å². The van der Waals surface area contributed by atoms with Crippen molar-refractivity contribution in [1.82, 2.24) is 4.98 Å². The average Bonchev–Trinajstić information content (AvgIpc) is 2.94. The lowest BCUT2D eigenvalue weighted by atomic mass is 10.1. The van der Waals surface area contributed by atoms with Crippen molar-refractivity contribution in [1.29, 1.82) is 0 Å². The van der Waals surface area contributed by atoms with Gasteiger partial charge in [0, 0.05) is 18.3 Å². The lowest BCUT2D eigenvalue weighted by Crippen LogP contribution is -2.30. The van der Waals surface area contributed by atoms with Gasteiger partial charge in [-0.15, -0.1) is 0 Å². The van der Waals surface area contributed by atoms with Crippen molar-refractivity contribution in [2.75, 3.05) is 11.4 Å². The molecule has 3 nitrogen and oxygen atoms in total. The maximum Gasteiger partial charge on any atom is 0.139 e. The molecule has 0 saturated carbocycles. The van der Waals surface area contributed by atoms with Crippen LogP contribution in [0.25, 0.3) is 0 Å². The van der Waals surface area contributed by atoms with Crippen molar-refractivity contribution >= 4 is 23.0 Å². The molecule has 4 heteroatoms. The van der Waals surface area contributed by atoms with Crippen LogP contribution in [0.1, 0.15) is 43.0 Å². The summed E-state index contributed by atoms with van der Waals surface area (Å²) in [6.45, 7) is 3.33. The molecular weight excluding hydrogens is 242 g/mol. The molecule has 3 rings (SSSR count). The van der Waals surface area contributed by atoms with Crippen LogP contribution in [0.5, 0.6) is 0 Å². The summed E-state index contributed by atoms with van der Waals surface area (Å²) >= 11 is 5.21. The normalized spacial score (nSPS) is 22.3. The molecule has 2 aliphatic rings. The Kier molecular flexibility index (Phi) is 2.98. The molecule has 18 heavy (non-hydrogen) atoms. The molecule has 1 aliphatic carbocycles. The van der Waals surface area contributed by atoms with E-state index in [0.29, 0.717) is 11.0 Å². The molecule has 96 valence electrons. The summed E-state index contributed by atoms with van der Waals surface area (Å²) in [6, 6.07) is 2.72. The number of nitrogens with zero attached hydrogens (tertiary/aromatic N) is 2. The van der Waals surface area contributed by atoms with Crippen LogP contribution in [0.15, 0.2) is 6.07 Å². The maximum absolute atomic E-state index is 5.89. The first-order valence-corrected chi connectivity index (χ1v) is 7.17. The molecule has 0 radical (unpaired) electrons. The standard InChI is InChI=1S/C14H19N3S/c1-9-4-3-7-17(9)14-11(13(15)18)8-10-5-2-6-12(10)16-14/h8-9H,2-7H2,1H3,(H2,15,18). The van der Waals surface area contributed by atoms with E-state index in [2.05, 4.69) is 17.9 Å². The number of pyridine rings is 1. The second-order valence-electron chi connectivity index (χ2n) is 5.37. The van der Waals surface area contributed by atoms with Crippen molar-refractivity contribution in [2.24, 2.45) is 5.73 Å². The minimum atomic E-state index is 0.478. The van der Waals surface area contributed by atoms with E-state index in [4.69, 9.17) is 22.9 Å². The summed E-state index contributed by atoms with van der Waals surface area (Å²) in [5, 5.41) is 0. The Balaban J connectivity index is 2.09. The Morgan fingerprint density at radius 3 is 2.94 bits per heavy atom. The lowest BCUT2D eigenvalue weighted by molar-refractivity contribution is 0.724. The molecule has 2 heterocycles. The van der Waals surface area contributed by atoms with E-state index in [1.807, 2.05) is 0 Å². The van der Waals surface area contributed by atoms with Gasteiger partial charge in [0.25, 0.3) is 0 Å². The minimum absolute atomic E-state index is 0.478. The molecule has 1 aromatic heterocycles. The quantitative estimate of drug-likeness (QED) is 0.829. The molecule has 0 bridgehead atoms. The summed E-state index contributed by atoms with van der Waals surface area (Å²) in [5.74, 6) is 1.02. The van der Waals surface area contributed by atoms with Gasteiger partial charge in [-0.2, -0.15) is 0 Å². The highest BCUT2D eigenvalue weighted by atomic mass is 32.1. The van der Waals surface area contributed by atoms with Gasteiger partial charge in [0.2, 0.25) is 0 Å². The zero-order valence-electron chi connectivity index (χ0n) is 10.8. The first-order chi connectivity index (χ1) is 8.66. The molecule has 1 fully saturated rings. The van der Waals surface area contributed by atoms with Crippen molar-refractivity contribution < 1.29 is 0 Å². The summed E-state index contributed by atoms with van der Waals surface area (Å²) in [4.78, 5) is 7.71. The van der Waals surface area contributed by atoms with Gasteiger partial charge < -0.3 is 10.6 Å². The van der Waals surface area contributed by atoms with Crippen LogP contribution in [-0.4, -0.2) is 22.6 Å². The van der Waals surface area contributed by atoms with Gasteiger partial charge in [-0.25, -0.2) is 4.98 Å². The Hall–Kier alpha value is -1.16. The third kappa shape index (κ3) is 1.88. The smallest absolute Gasteiger partial charge is 0.139 e. The molecule has 1 saturated heterocycles. The van der Waals surface area contributed by atoms with E-state index in [1.54, 1.807) is 0 Å². The number of hydrogen-bond donors (Lipinski definition) is 1. The highest BCUT2D eigenvalue weighted by Gasteiger charge is 2.26. The summed E-state index contributed by atoms with van der Waals surface area (Å²) in [7, 11) is 0. The predicted octanol–water partition coefficient (Wildman–Crippen LogP) is 2.19. The van der Waals surface area contributed by atoms with E-state index in [9.17, 15) is 0 Å². The fraction of sp³-hybridized carbons (Fsp3) is 0.571. The fourth-order valence-corrected chi connectivity index (χ4v) is 3.26. The van der Waals surface area contributed by atoms with Crippen LogP contribution in [0.2, 0.25) is 0 Å². The van der Waals surface area contributed by atoms with Crippen LogP contribution in [0.3, 0.4) is 0 Å². The van der Waals surface area contributed by atoms with Crippen molar-refractivity contribution in [3.05, 3.63) is 22.9 Å². The van der Waals surface area contributed by atoms with Crippen LogP contribution in [0, 0.1) is 0 Å². The summed E-state index contributed by atoms with van der Waals surface area (Å²) in [5.41, 5.74) is 9.45. The predicted molar refractivity (Wildman–Crippen MR) is 78.2 cm³/mol. The molecule has 1 aliphatic heterocycles. The largest absolute Gasteiger partial charge is 0.389 e. The van der Waals surface area contributed by atoms with Gasteiger partial charge >= 0.3 is 0 Å². The van der Waals surface area contributed by atoms with Crippen molar-refractivity contribution in [3.63, 3.8) is 0 Å². The molecule has 1 aromatic rings. The van der Waals surface area contributed by atoms with Gasteiger partial charge in [-0.05, 0) is 50.7 Å². The van der Waals surface area contributed by atoms with Gasteiger partial charge in [0.1, 0.15) is 10.8 Å². The number of fused-ring (bicyclic) bond motifs is 1. The van der Waals surface area contributed by atoms with Gasteiger partial charge in [0.05, 0.1) is 5.56 Å². The van der Waals surface area contributed by atoms with Crippen LogP contribution in [-0.2, 0) is 12.8 Å². The number of nitrogens with two attached hydrogens (primary N) is 1.